The molecular weight excluding hydrogens is 603 g/mol. The minimum atomic E-state index is -4.76. The van der Waals surface area contributed by atoms with Gasteiger partial charge in [0.25, 0.3) is 0 Å². The van der Waals surface area contributed by atoms with E-state index < -0.39 is 32.5 Å². The quantitative estimate of drug-likeness (QED) is 0.0306. The second-order valence-electron chi connectivity index (χ2n) is 12.2. The van der Waals surface area contributed by atoms with Gasteiger partial charge in [-0.1, -0.05) is 140 Å². The van der Waals surface area contributed by atoms with Crippen LogP contribution in [0.15, 0.2) is 36.5 Å². The first-order valence-corrected chi connectivity index (χ1v) is 19.8. The number of ether oxygens (including phenoxy) is 2. The van der Waals surface area contributed by atoms with Gasteiger partial charge in [-0.05, 0) is 51.4 Å². The summed E-state index contributed by atoms with van der Waals surface area (Å²) in [7, 11) is -4.76. The second-order valence-corrected chi connectivity index (χ2v) is 13.4. The van der Waals surface area contributed by atoms with Crippen molar-refractivity contribution in [3.8, 4) is 0 Å². The molecule has 0 unspecified atom stereocenters. The van der Waals surface area contributed by atoms with Crippen LogP contribution in [0.5, 0.6) is 0 Å². The van der Waals surface area contributed by atoms with E-state index in [4.69, 9.17) is 19.3 Å². The fraction of sp³-hybridized carbons (Fsp3) is 0.784. The highest BCUT2D eigenvalue weighted by atomic mass is 31.2. The number of allylic oxidation sites excluding steroid dienone is 6. The molecule has 0 aliphatic carbocycles. The molecule has 2 N–H and O–H groups in total. The molecule has 8 nitrogen and oxygen atoms in total. The summed E-state index contributed by atoms with van der Waals surface area (Å²) >= 11 is 0. The fourth-order valence-electron chi connectivity index (χ4n) is 4.91. The van der Waals surface area contributed by atoms with E-state index in [9.17, 15) is 14.2 Å². The minimum absolute atomic E-state index is 0.164. The molecule has 0 aliphatic heterocycles. The van der Waals surface area contributed by atoms with Gasteiger partial charge in [0.2, 0.25) is 0 Å². The fourth-order valence-corrected chi connectivity index (χ4v) is 5.27. The van der Waals surface area contributed by atoms with Gasteiger partial charge in [-0.2, -0.15) is 0 Å². The molecule has 0 aliphatic rings. The van der Waals surface area contributed by atoms with Crippen molar-refractivity contribution in [1.82, 2.24) is 0 Å². The molecule has 0 rings (SSSR count). The van der Waals surface area contributed by atoms with Gasteiger partial charge in [-0.25, -0.2) is 4.57 Å². The summed E-state index contributed by atoms with van der Waals surface area (Å²) in [6.07, 6.45) is 37.2. The highest BCUT2D eigenvalue weighted by Crippen LogP contribution is 2.36. The Hall–Kier alpha value is -1.73. The number of carbonyl (C=O) groups excluding carboxylic acids is 2. The lowest BCUT2D eigenvalue weighted by Crippen LogP contribution is -2.29. The van der Waals surface area contributed by atoms with E-state index in [-0.39, 0.29) is 19.4 Å². The molecule has 0 bridgehead atoms. The average Bonchev–Trinajstić information content (AvgIpc) is 3.02. The molecule has 9 heteroatoms. The summed E-state index contributed by atoms with van der Waals surface area (Å²) in [4.78, 5) is 42.6. The van der Waals surface area contributed by atoms with Gasteiger partial charge < -0.3 is 19.3 Å². The lowest BCUT2D eigenvalue weighted by molar-refractivity contribution is -0.161. The van der Waals surface area contributed by atoms with E-state index in [1.807, 2.05) is 0 Å². The van der Waals surface area contributed by atoms with Crippen LogP contribution in [0.4, 0.5) is 0 Å². The molecule has 0 radical (unpaired) electrons. The Morgan fingerprint density at radius 3 is 1.50 bits per heavy atom. The Morgan fingerprint density at radius 1 is 0.565 bits per heavy atom. The maximum Gasteiger partial charge on any atom is 0.469 e. The van der Waals surface area contributed by atoms with E-state index in [1.54, 1.807) is 0 Å². The van der Waals surface area contributed by atoms with Gasteiger partial charge in [-0.3, -0.25) is 14.1 Å². The first-order valence-electron chi connectivity index (χ1n) is 18.3. The third kappa shape index (κ3) is 35.1. The van der Waals surface area contributed by atoms with Crippen molar-refractivity contribution in [3.63, 3.8) is 0 Å². The second kappa shape index (κ2) is 33.2. The SMILES string of the molecule is CCCCC/C=C\C/C=C\C/C=C\CCCCC(=O)O[C@H](COC(=O)CCCCCCCCCCCCCCC)COP(=O)(O)O. The highest BCUT2D eigenvalue weighted by Gasteiger charge is 2.22. The zero-order valence-corrected chi connectivity index (χ0v) is 30.1. The van der Waals surface area contributed by atoms with Crippen LogP contribution in [0, 0.1) is 0 Å². The van der Waals surface area contributed by atoms with Crippen molar-refractivity contribution in [2.75, 3.05) is 13.2 Å². The third-order valence-corrected chi connectivity index (χ3v) is 8.15. The Morgan fingerprint density at radius 2 is 0.978 bits per heavy atom. The molecule has 0 aromatic heterocycles. The van der Waals surface area contributed by atoms with Gasteiger partial charge in [-0.15, -0.1) is 0 Å². The molecule has 0 fully saturated rings. The predicted molar refractivity (Wildman–Crippen MR) is 188 cm³/mol. The largest absolute Gasteiger partial charge is 0.469 e. The van der Waals surface area contributed by atoms with Crippen molar-refractivity contribution in [2.45, 2.75) is 174 Å². The number of phosphoric acid groups is 1. The molecule has 0 saturated heterocycles. The average molecular weight is 671 g/mol. The Labute approximate surface area is 281 Å². The van der Waals surface area contributed by atoms with Crippen LogP contribution in [0.1, 0.15) is 168 Å². The Bertz CT molecular complexity index is 848. The number of hydrogen-bond donors (Lipinski definition) is 2. The number of hydrogen-bond acceptors (Lipinski definition) is 6. The minimum Gasteiger partial charge on any atom is -0.462 e. The van der Waals surface area contributed by atoms with Gasteiger partial charge in [0.05, 0.1) is 6.61 Å². The first-order chi connectivity index (χ1) is 22.3. The van der Waals surface area contributed by atoms with Crippen LogP contribution in [0.3, 0.4) is 0 Å². The Kier molecular flexibility index (Phi) is 31.9. The molecule has 1 atom stereocenters. The number of rotatable bonds is 33. The topological polar surface area (TPSA) is 119 Å². The molecule has 0 amide bonds. The summed E-state index contributed by atoms with van der Waals surface area (Å²) in [5.74, 6) is -0.928. The Balaban J connectivity index is 4.05. The molecular formula is C37H67O8P. The number of carbonyl (C=O) groups is 2. The zero-order chi connectivity index (χ0) is 34.0. The summed E-state index contributed by atoms with van der Waals surface area (Å²) in [5.41, 5.74) is 0. The van der Waals surface area contributed by atoms with Crippen molar-refractivity contribution in [1.29, 1.82) is 0 Å². The third-order valence-electron chi connectivity index (χ3n) is 7.66. The molecule has 46 heavy (non-hydrogen) atoms. The standard InChI is InChI=1S/C37H67O8P/c1-3-5-7-9-11-13-15-17-18-20-22-24-26-28-30-32-37(39)45-35(34-44-46(40,41)42)33-43-36(38)31-29-27-25-23-21-19-16-14-12-10-8-6-4-2/h11,13,17-18,22,24,35H,3-10,12,14-16,19-21,23,25-34H2,1-2H3,(H2,40,41,42)/b13-11-,18-17-,24-22-/t35-/m1/s1. The monoisotopic (exact) mass is 670 g/mol. The van der Waals surface area contributed by atoms with Crippen LogP contribution in [-0.4, -0.2) is 41.0 Å². The zero-order valence-electron chi connectivity index (χ0n) is 29.2. The number of phosphoric ester groups is 1. The maximum atomic E-state index is 12.3. The van der Waals surface area contributed by atoms with E-state index in [0.717, 1.165) is 51.4 Å². The van der Waals surface area contributed by atoms with Crippen LogP contribution in [0.25, 0.3) is 0 Å². The van der Waals surface area contributed by atoms with Crippen molar-refractivity contribution in [2.24, 2.45) is 0 Å². The van der Waals surface area contributed by atoms with Gasteiger partial charge >= 0.3 is 19.8 Å². The highest BCUT2D eigenvalue weighted by molar-refractivity contribution is 7.46. The molecule has 268 valence electrons. The van der Waals surface area contributed by atoms with Crippen molar-refractivity contribution >= 4 is 19.8 Å². The van der Waals surface area contributed by atoms with E-state index in [2.05, 4.69) is 54.8 Å². The smallest absolute Gasteiger partial charge is 0.462 e. The molecule has 0 aromatic carbocycles. The molecule has 0 spiro atoms. The van der Waals surface area contributed by atoms with Gasteiger partial charge in [0, 0.05) is 12.8 Å². The van der Waals surface area contributed by atoms with Gasteiger partial charge in [0.15, 0.2) is 6.10 Å². The summed E-state index contributed by atoms with van der Waals surface area (Å²) in [6, 6.07) is 0. The van der Waals surface area contributed by atoms with E-state index in [1.165, 1.54) is 83.5 Å². The summed E-state index contributed by atoms with van der Waals surface area (Å²) in [5, 5.41) is 0. The van der Waals surface area contributed by atoms with Crippen LogP contribution in [-0.2, 0) is 28.2 Å². The first kappa shape index (κ1) is 44.3. The van der Waals surface area contributed by atoms with Crippen molar-refractivity contribution < 1.29 is 37.9 Å². The van der Waals surface area contributed by atoms with Crippen LogP contribution in [0.2, 0.25) is 0 Å². The molecule has 0 heterocycles. The summed E-state index contributed by atoms with van der Waals surface area (Å²) in [6.45, 7) is 3.61. The molecule has 0 saturated carbocycles. The predicted octanol–water partition coefficient (Wildman–Crippen LogP) is 10.6. The number of unbranched alkanes of at least 4 members (excludes halogenated alkanes) is 17. The van der Waals surface area contributed by atoms with Crippen LogP contribution >= 0.6 is 7.82 Å². The lowest BCUT2D eigenvalue weighted by atomic mass is 10.0. The van der Waals surface area contributed by atoms with Crippen LogP contribution < -0.4 is 0 Å². The maximum absolute atomic E-state index is 12.3. The summed E-state index contributed by atoms with van der Waals surface area (Å²) < 4.78 is 26.2. The van der Waals surface area contributed by atoms with E-state index >= 15 is 0 Å². The van der Waals surface area contributed by atoms with Crippen molar-refractivity contribution in [3.05, 3.63) is 36.5 Å². The molecule has 0 aromatic rings. The normalized spacial score (nSPS) is 12.9. The van der Waals surface area contributed by atoms with Gasteiger partial charge in [0.1, 0.15) is 6.61 Å². The lowest BCUT2D eigenvalue weighted by Gasteiger charge is -2.18. The number of esters is 2. The van der Waals surface area contributed by atoms with E-state index in [0.29, 0.717) is 6.42 Å².